The van der Waals surface area contributed by atoms with Crippen molar-refractivity contribution in [1.82, 2.24) is 0 Å². The zero-order valence-electron chi connectivity index (χ0n) is 46.2. The number of nitrogens with zero attached hydrogens (tertiary/aromatic N) is 1. The van der Waals surface area contributed by atoms with Crippen LogP contribution in [0.25, 0.3) is 0 Å². The summed E-state index contributed by atoms with van der Waals surface area (Å²) < 4.78 is 22.6. The van der Waals surface area contributed by atoms with E-state index in [1.807, 2.05) is 21.1 Å². The molecule has 0 spiro atoms. The molecule has 0 radical (unpaired) electrons. The molecule has 9 nitrogen and oxygen atoms in total. The third-order valence-corrected chi connectivity index (χ3v) is 11.5. The Morgan fingerprint density at radius 2 is 0.792 bits per heavy atom. The Hall–Kier alpha value is -4.31. The number of carboxylic acid groups (broad SMARTS) is 1. The first-order valence-corrected chi connectivity index (χ1v) is 28.2. The minimum atomic E-state index is -1.63. The molecule has 0 rings (SSSR count). The van der Waals surface area contributed by atoms with Gasteiger partial charge in [0, 0.05) is 12.8 Å². The van der Waals surface area contributed by atoms with Crippen molar-refractivity contribution < 1.29 is 42.9 Å². The van der Waals surface area contributed by atoms with Crippen molar-refractivity contribution in [3.05, 3.63) is 122 Å². The first-order chi connectivity index (χ1) is 35.1. The maximum Gasteiger partial charge on any atom is 0.306 e. The largest absolute Gasteiger partial charge is 0.545 e. The minimum Gasteiger partial charge on any atom is -0.545 e. The second-order valence-corrected chi connectivity index (χ2v) is 19.5. The Bertz CT molecular complexity index is 1590. The highest BCUT2D eigenvalue weighted by molar-refractivity contribution is 5.70. The molecule has 0 saturated heterocycles. The molecule has 0 aromatic heterocycles. The lowest BCUT2D eigenvalue weighted by atomic mass is 10.1. The molecular weight excluding hydrogens is 899 g/mol. The highest BCUT2D eigenvalue weighted by Crippen LogP contribution is 2.14. The lowest BCUT2D eigenvalue weighted by Gasteiger charge is -2.26. The number of quaternary nitrogens is 1. The smallest absolute Gasteiger partial charge is 0.306 e. The van der Waals surface area contributed by atoms with Gasteiger partial charge in [-0.3, -0.25) is 9.59 Å². The Morgan fingerprint density at radius 1 is 0.431 bits per heavy atom. The molecule has 0 bridgehead atoms. The quantitative estimate of drug-likeness (QED) is 0.0195. The van der Waals surface area contributed by atoms with Crippen LogP contribution in [-0.4, -0.2) is 82.3 Å². The zero-order chi connectivity index (χ0) is 52.7. The van der Waals surface area contributed by atoms with E-state index in [0.29, 0.717) is 17.4 Å². The summed E-state index contributed by atoms with van der Waals surface area (Å²) in [5.74, 6) is -2.32. The zero-order valence-corrected chi connectivity index (χ0v) is 46.2. The van der Waals surface area contributed by atoms with Gasteiger partial charge in [-0.05, 0) is 89.9 Å². The number of allylic oxidation sites excluding steroid dienone is 20. The van der Waals surface area contributed by atoms with Gasteiger partial charge in [0.15, 0.2) is 12.4 Å². The molecule has 0 amide bonds. The maximum absolute atomic E-state index is 12.8. The fourth-order valence-corrected chi connectivity index (χ4v) is 7.15. The lowest BCUT2D eigenvalue weighted by Crippen LogP contribution is -2.44. The molecular formula is C63H103NO8. The number of hydrogen-bond acceptors (Lipinski definition) is 8. The molecule has 0 aromatic carbocycles. The number of carbonyl (C=O) groups excluding carboxylic acids is 3. The van der Waals surface area contributed by atoms with E-state index in [-0.39, 0.29) is 38.6 Å². The average molecular weight is 1000 g/mol. The van der Waals surface area contributed by atoms with Crippen molar-refractivity contribution >= 4 is 17.9 Å². The van der Waals surface area contributed by atoms with Crippen molar-refractivity contribution in [2.24, 2.45) is 0 Å². The summed E-state index contributed by atoms with van der Waals surface area (Å²) >= 11 is 0. The van der Waals surface area contributed by atoms with Crippen LogP contribution in [0, 0.1) is 0 Å². The summed E-state index contributed by atoms with van der Waals surface area (Å²) in [6.07, 6.45) is 71.2. The van der Waals surface area contributed by atoms with Crippen LogP contribution in [0.4, 0.5) is 0 Å². The van der Waals surface area contributed by atoms with E-state index in [4.69, 9.17) is 18.9 Å². The summed E-state index contributed by atoms with van der Waals surface area (Å²) in [4.78, 5) is 37.1. The maximum atomic E-state index is 12.8. The summed E-state index contributed by atoms with van der Waals surface area (Å²) in [7, 11) is 5.90. The van der Waals surface area contributed by atoms with Crippen LogP contribution in [0.5, 0.6) is 0 Å². The number of ether oxygens (including phenoxy) is 4. The Labute approximate surface area is 440 Å². The van der Waals surface area contributed by atoms with Gasteiger partial charge in [-0.25, -0.2) is 0 Å². The molecule has 2 atom stereocenters. The number of aliphatic carboxylic acids is 1. The molecule has 2 unspecified atom stereocenters. The molecule has 0 aromatic rings. The van der Waals surface area contributed by atoms with Crippen LogP contribution in [0.3, 0.4) is 0 Å². The molecule has 0 fully saturated rings. The molecule has 0 heterocycles. The van der Waals surface area contributed by atoms with Crippen molar-refractivity contribution in [2.75, 3.05) is 47.5 Å². The van der Waals surface area contributed by atoms with Crippen LogP contribution in [0.2, 0.25) is 0 Å². The number of likely N-dealkylation sites (N-methyl/N-ethyl adjacent to an activating group) is 1. The van der Waals surface area contributed by atoms with Gasteiger partial charge in [0.05, 0.1) is 40.3 Å². The fourth-order valence-electron chi connectivity index (χ4n) is 7.15. The number of carboxylic acids is 1. The Kier molecular flexibility index (Phi) is 49.8. The number of esters is 2. The van der Waals surface area contributed by atoms with Crippen molar-refractivity contribution in [3.63, 3.8) is 0 Å². The van der Waals surface area contributed by atoms with Gasteiger partial charge >= 0.3 is 11.9 Å². The molecule has 0 N–H and O–H groups in total. The van der Waals surface area contributed by atoms with Crippen LogP contribution in [0.15, 0.2) is 122 Å². The molecule has 0 saturated carbocycles. The highest BCUT2D eigenvalue weighted by Gasteiger charge is 2.22. The first-order valence-electron chi connectivity index (χ1n) is 28.2. The second kappa shape index (κ2) is 53.0. The van der Waals surface area contributed by atoms with Crippen molar-refractivity contribution in [3.8, 4) is 0 Å². The molecule has 0 aliphatic heterocycles. The van der Waals surface area contributed by atoms with Crippen LogP contribution < -0.4 is 5.11 Å². The number of carbonyl (C=O) groups is 3. The van der Waals surface area contributed by atoms with Gasteiger partial charge in [0.2, 0.25) is 0 Å². The normalized spacial score (nSPS) is 13.7. The van der Waals surface area contributed by atoms with Crippen molar-refractivity contribution in [1.29, 1.82) is 0 Å². The molecule has 0 aliphatic rings. The molecule has 0 aliphatic carbocycles. The summed E-state index contributed by atoms with van der Waals surface area (Å²) in [5, 5.41) is 11.7. The second-order valence-electron chi connectivity index (χ2n) is 19.5. The highest BCUT2D eigenvalue weighted by atomic mass is 16.7. The van der Waals surface area contributed by atoms with Crippen LogP contribution in [-0.2, 0) is 33.3 Å². The molecule has 408 valence electrons. The van der Waals surface area contributed by atoms with E-state index in [1.165, 1.54) is 44.9 Å². The van der Waals surface area contributed by atoms with Crippen LogP contribution in [0.1, 0.15) is 200 Å². The number of unbranched alkanes of at least 4 members (excludes halogenated alkanes) is 15. The lowest BCUT2D eigenvalue weighted by molar-refractivity contribution is -0.870. The standard InChI is InChI=1S/C63H103NO8/c1-6-8-10-12-14-16-18-19-20-21-22-23-24-25-26-27-28-29-30-31-32-33-34-35-36-37-38-39-40-41-42-43-44-46-48-50-52-54-61(66)72-59(58-71-63(62(67)68)69-56-55-64(3,4)5)57-70-60(65)53-51-49-47-45-17-15-13-11-9-7-2/h8,10,14,16,19-20,22-23,25-26,28-29,31-32,34-35,37-38,40-41,59,63H,6-7,9,11-13,15,17-18,21,24,27,30,33,36,39,42-58H2,1-5H3/b10-8-,16-14-,20-19-,23-22-,26-25-,29-28-,32-31-,35-34-,38-37-,41-40-. The van der Waals surface area contributed by atoms with Gasteiger partial charge < -0.3 is 33.3 Å². The summed E-state index contributed by atoms with van der Waals surface area (Å²) in [6.45, 7) is 4.57. The average Bonchev–Trinajstić information content (AvgIpc) is 3.35. The van der Waals surface area contributed by atoms with E-state index in [0.717, 1.165) is 122 Å². The van der Waals surface area contributed by atoms with Crippen LogP contribution >= 0.6 is 0 Å². The van der Waals surface area contributed by atoms with Gasteiger partial charge in [-0.2, -0.15) is 0 Å². The van der Waals surface area contributed by atoms with Gasteiger partial charge in [-0.15, -0.1) is 0 Å². The third-order valence-electron chi connectivity index (χ3n) is 11.5. The minimum absolute atomic E-state index is 0.139. The monoisotopic (exact) mass is 1000 g/mol. The summed E-state index contributed by atoms with van der Waals surface area (Å²) in [5.41, 5.74) is 0. The first kappa shape index (κ1) is 67.7. The van der Waals surface area contributed by atoms with Gasteiger partial charge in [0.25, 0.3) is 0 Å². The van der Waals surface area contributed by atoms with E-state index >= 15 is 0 Å². The molecule has 72 heavy (non-hydrogen) atoms. The number of hydrogen-bond donors (Lipinski definition) is 0. The van der Waals surface area contributed by atoms with Gasteiger partial charge in [0.1, 0.15) is 13.2 Å². The third kappa shape index (κ3) is 53.5. The Balaban J connectivity index is 4.20. The predicted octanol–water partition coefficient (Wildman–Crippen LogP) is 15.2. The van der Waals surface area contributed by atoms with E-state index in [9.17, 15) is 19.5 Å². The van der Waals surface area contributed by atoms with Gasteiger partial charge in [-0.1, -0.05) is 219 Å². The van der Waals surface area contributed by atoms with Crippen molar-refractivity contribution in [2.45, 2.75) is 212 Å². The fraction of sp³-hybridized carbons (Fsp3) is 0.635. The molecule has 9 heteroatoms. The SMILES string of the molecule is CC/C=C\C/C=C\C/C=C\C/C=C\C/C=C\C/C=C\C/C=C\C/C=C\C/C=C\C/C=C\CCCCCCCCC(=O)OC(COC(=O)CCCCCCCCCCCC)COC(OCC[N+](C)(C)C)C(=O)[O-]. The Morgan fingerprint density at radius 3 is 1.18 bits per heavy atom. The van der Waals surface area contributed by atoms with E-state index in [1.54, 1.807) is 0 Å². The van der Waals surface area contributed by atoms with E-state index in [2.05, 4.69) is 135 Å². The predicted molar refractivity (Wildman–Crippen MR) is 301 cm³/mol. The number of rotatable bonds is 50. The summed E-state index contributed by atoms with van der Waals surface area (Å²) in [6, 6.07) is 0. The van der Waals surface area contributed by atoms with E-state index < -0.39 is 24.3 Å². The topological polar surface area (TPSA) is 111 Å².